The van der Waals surface area contributed by atoms with E-state index < -0.39 is 0 Å². The Morgan fingerprint density at radius 3 is 2.58 bits per heavy atom. The lowest BCUT2D eigenvalue weighted by Gasteiger charge is -2.33. The van der Waals surface area contributed by atoms with Crippen LogP contribution in [0.1, 0.15) is 39.5 Å². The van der Waals surface area contributed by atoms with Gasteiger partial charge in [0.05, 0.1) is 0 Å². The lowest BCUT2D eigenvalue weighted by Crippen LogP contribution is -2.38. The molecule has 0 atom stereocenters. The number of piperidine rings is 1. The highest BCUT2D eigenvalue weighted by Crippen LogP contribution is 2.51. The molecule has 0 bridgehead atoms. The van der Waals surface area contributed by atoms with Crippen LogP contribution >= 0.6 is 0 Å². The van der Waals surface area contributed by atoms with E-state index in [1.54, 1.807) is 0 Å². The summed E-state index contributed by atoms with van der Waals surface area (Å²) in [4.78, 5) is 2.68. The van der Waals surface area contributed by atoms with Crippen LogP contribution in [0.5, 0.6) is 0 Å². The maximum atomic E-state index is 2.68. The van der Waals surface area contributed by atoms with Gasteiger partial charge >= 0.3 is 0 Å². The van der Waals surface area contributed by atoms with Crippen LogP contribution < -0.4 is 0 Å². The molecular weight excluding hydrogens is 146 g/mol. The number of likely N-dealkylation sites (tertiary alicyclic amines) is 1. The third-order valence-electron chi connectivity index (χ3n) is 3.32. The van der Waals surface area contributed by atoms with Crippen molar-refractivity contribution in [1.82, 2.24) is 4.90 Å². The third-order valence-corrected chi connectivity index (χ3v) is 3.32. The summed E-state index contributed by atoms with van der Waals surface area (Å²) < 4.78 is 0. The smallest absolute Gasteiger partial charge is 0.00381 e. The molecule has 0 radical (unpaired) electrons. The first-order valence-electron chi connectivity index (χ1n) is 5.43. The Balaban J connectivity index is 1.83. The Bertz CT molecular complexity index is 158. The van der Waals surface area contributed by atoms with Crippen LogP contribution in [0.2, 0.25) is 0 Å². The van der Waals surface area contributed by atoms with E-state index in [0.717, 1.165) is 11.3 Å². The zero-order valence-electron chi connectivity index (χ0n) is 8.47. The molecule has 0 aromatic carbocycles. The van der Waals surface area contributed by atoms with Gasteiger partial charge in [-0.3, -0.25) is 0 Å². The van der Waals surface area contributed by atoms with Crippen LogP contribution in [0.15, 0.2) is 0 Å². The van der Waals surface area contributed by atoms with Crippen LogP contribution in [0, 0.1) is 11.3 Å². The summed E-state index contributed by atoms with van der Waals surface area (Å²) >= 11 is 0. The molecule has 0 N–H and O–H groups in total. The number of hydrogen-bond acceptors (Lipinski definition) is 1. The van der Waals surface area contributed by atoms with E-state index in [0.29, 0.717) is 0 Å². The van der Waals surface area contributed by atoms with Gasteiger partial charge in [0.1, 0.15) is 0 Å². The van der Waals surface area contributed by atoms with Crippen LogP contribution in [-0.2, 0) is 0 Å². The minimum absolute atomic E-state index is 0.813. The molecule has 1 saturated heterocycles. The van der Waals surface area contributed by atoms with E-state index >= 15 is 0 Å². The van der Waals surface area contributed by atoms with Gasteiger partial charge in [0.15, 0.2) is 0 Å². The van der Waals surface area contributed by atoms with Crippen molar-refractivity contribution in [2.24, 2.45) is 11.3 Å². The fourth-order valence-electron chi connectivity index (χ4n) is 2.57. The summed E-state index contributed by atoms with van der Waals surface area (Å²) in [5, 5.41) is 0. The van der Waals surface area contributed by atoms with E-state index in [9.17, 15) is 0 Å². The van der Waals surface area contributed by atoms with Crippen molar-refractivity contribution in [2.45, 2.75) is 39.5 Å². The highest BCUT2D eigenvalue weighted by Gasteiger charge is 2.45. The highest BCUT2D eigenvalue weighted by molar-refractivity contribution is 4.97. The lowest BCUT2D eigenvalue weighted by atomic mass is 9.94. The zero-order chi connectivity index (χ0) is 8.60. The number of rotatable bonds is 2. The van der Waals surface area contributed by atoms with Gasteiger partial charge in [-0.25, -0.2) is 0 Å². The first-order valence-corrected chi connectivity index (χ1v) is 5.43. The summed E-state index contributed by atoms with van der Waals surface area (Å²) in [5.74, 6) is 0.846. The monoisotopic (exact) mass is 167 g/mol. The fourth-order valence-corrected chi connectivity index (χ4v) is 2.57. The second-order valence-electron chi connectivity index (χ2n) is 5.23. The van der Waals surface area contributed by atoms with E-state index in [2.05, 4.69) is 18.7 Å². The summed E-state index contributed by atoms with van der Waals surface area (Å²) in [6, 6.07) is 0. The van der Waals surface area contributed by atoms with Crippen molar-refractivity contribution >= 4 is 0 Å². The Labute approximate surface area is 76.1 Å². The second kappa shape index (κ2) is 3.02. The molecule has 0 aromatic heterocycles. The molecule has 1 nitrogen and oxygen atoms in total. The maximum absolute atomic E-state index is 2.68. The highest BCUT2D eigenvalue weighted by atomic mass is 15.1. The quantitative estimate of drug-likeness (QED) is 0.611. The maximum Gasteiger partial charge on any atom is 0.00381 e. The first-order chi connectivity index (χ1) is 5.70. The summed E-state index contributed by atoms with van der Waals surface area (Å²) in [6.45, 7) is 8.75. The van der Waals surface area contributed by atoms with Crippen LogP contribution in [0.25, 0.3) is 0 Å². The van der Waals surface area contributed by atoms with Gasteiger partial charge in [0, 0.05) is 13.1 Å². The molecule has 1 spiro atoms. The SMILES string of the molecule is CC(C)CN1CCCC2(CC2)C1. The van der Waals surface area contributed by atoms with Gasteiger partial charge in [-0.05, 0) is 43.6 Å². The first kappa shape index (κ1) is 8.55. The number of hydrogen-bond donors (Lipinski definition) is 0. The normalized spacial score (nSPS) is 28.2. The second-order valence-corrected chi connectivity index (χ2v) is 5.23. The average Bonchev–Trinajstić information content (AvgIpc) is 2.68. The Morgan fingerprint density at radius 2 is 2.00 bits per heavy atom. The molecule has 1 aliphatic carbocycles. The van der Waals surface area contributed by atoms with E-state index in [-0.39, 0.29) is 0 Å². The predicted molar refractivity (Wildman–Crippen MR) is 52.2 cm³/mol. The largest absolute Gasteiger partial charge is 0.303 e. The molecular formula is C11H21N. The minimum atomic E-state index is 0.813. The topological polar surface area (TPSA) is 3.24 Å². The molecule has 1 saturated carbocycles. The Kier molecular flexibility index (Phi) is 2.16. The predicted octanol–water partition coefficient (Wildman–Crippen LogP) is 2.52. The lowest BCUT2D eigenvalue weighted by molar-refractivity contribution is 0.146. The van der Waals surface area contributed by atoms with E-state index in [1.807, 2.05) is 0 Å². The van der Waals surface area contributed by atoms with E-state index in [1.165, 1.54) is 45.3 Å². The molecule has 2 aliphatic rings. The average molecular weight is 167 g/mol. The van der Waals surface area contributed by atoms with Crippen LogP contribution in [-0.4, -0.2) is 24.5 Å². The zero-order valence-corrected chi connectivity index (χ0v) is 8.47. The van der Waals surface area contributed by atoms with Gasteiger partial charge in [-0.15, -0.1) is 0 Å². The number of nitrogens with zero attached hydrogens (tertiary/aromatic N) is 1. The fraction of sp³-hybridized carbons (Fsp3) is 1.00. The molecule has 2 fully saturated rings. The van der Waals surface area contributed by atoms with Gasteiger partial charge in [-0.2, -0.15) is 0 Å². The summed E-state index contributed by atoms with van der Waals surface area (Å²) in [6.07, 6.45) is 6.00. The van der Waals surface area contributed by atoms with Gasteiger partial charge in [0.2, 0.25) is 0 Å². The van der Waals surface area contributed by atoms with Crippen molar-refractivity contribution in [3.05, 3.63) is 0 Å². The molecule has 70 valence electrons. The minimum Gasteiger partial charge on any atom is -0.303 e. The standard InChI is InChI=1S/C11H21N/c1-10(2)8-12-7-3-4-11(9-12)5-6-11/h10H,3-9H2,1-2H3. The van der Waals surface area contributed by atoms with Crippen LogP contribution in [0.4, 0.5) is 0 Å². The molecule has 1 aliphatic heterocycles. The summed E-state index contributed by atoms with van der Waals surface area (Å²) in [5.41, 5.74) is 0.813. The Hall–Kier alpha value is -0.0400. The third kappa shape index (κ3) is 1.82. The van der Waals surface area contributed by atoms with Crippen molar-refractivity contribution < 1.29 is 0 Å². The van der Waals surface area contributed by atoms with E-state index in [4.69, 9.17) is 0 Å². The van der Waals surface area contributed by atoms with Crippen molar-refractivity contribution in [3.8, 4) is 0 Å². The Morgan fingerprint density at radius 1 is 1.25 bits per heavy atom. The summed E-state index contributed by atoms with van der Waals surface area (Å²) in [7, 11) is 0. The van der Waals surface area contributed by atoms with Crippen LogP contribution in [0.3, 0.4) is 0 Å². The van der Waals surface area contributed by atoms with Crippen molar-refractivity contribution in [2.75, 3.05) is 19.6 Å². The van der Waals surface area contributed by atoms with Crippen molar-refractivity contribution in [1.29, 1.82) is 0 Å². The molecule has 2 rings (SSSR count). The molecule has 0 amide bonds. The molecule has 0 unspecified atom stereocenters. The molecule has 1 heterocycles. The molecule has 0 aromatic rings. The molecule has 1 heteroatoms. The molecule has 12 heavy (non-hydrogen) atoms. The van der Waals surface area contributed by atoms with Gasteiger partial charge < -0.3 is 4.90 Å². The van der Waals surface area contributed by atoms with Crippen molar-refractivity contribution in [3.63, 3.8) is 0 Å². The van der Waals surface area contributed by atoms with Gasteiger partial charge in [0.25, 0.3) is 0 Å². The van der Waals surface area contributed by atoms with Gasteiger partial charge in [-0.1, -0.05) is 13.8 Å².